The van der Waals surface area contributed by atoms with Crippen molar-refractivity contribution in [1.82, 2.24) is 4.98 Å². The van der Waals surface area contributed by atoms with Gasteiger partial charge in [-0.3, -0.25) is 4.98 Å². The molecule has 1 aromatic carbocycles. The molecule has 2 N–H and O–H groups in total. The molecule has 0 aliphatic heterocycles. The molecule has 0 saturated heterocycles. The zero-order valence-electron chi connectivity index (χ0n) is 9.13. The lowest BCUT2D eigenvalue weighted by atomic mass is 10.0. The zero-order valence-corrected chi connectivity index (χ0v) is 9.13. The molecule has 0 aliphatic carbocycles. The molecule has 1 atom stereocenters. The number of ether oxygens (including phenoxy) is 1. The first-order chi connectivity index (χ1) is 7.81. The van der Waals surface area contributed by atoms with E-state index in [2.05, 4.69) is 4.98 Å². The Balaban J connectivity index is 2.24. The van der Waals surface area contributed by atoms with E-state index in [9.17, 15) is 0 Å². The molecule has 0 amide bonds. The lowest BCUT2D eigenvalue weighted by molar-refractivity contribution is 0.414. The van der Waals surface area contributed by atoms with E-state index in [0.717, 1.165) is 16.9 Å². The molecule has 2 rings (SSSR count). The van der Waals surface area contributed by atoms with E-state index in [0.29, 0.717) is 0 Å². The van der Waals surface area contributed by atoms with Crippen LogP contribution in [0.3, 0.4) is 0 Å². The van der Waals surface area contributed by atoms with Gasteiger partial charge in [-0.2, -0.15) is 0 Å². The fraction of sp³-hybridized carbons (Fsp3) is 0.154. The highest BCUT2D eigenvalue weighted by Crippen LogP contribution is 2.21. The van der Waals surface area contributed by atoms with E-state index in [1.165, 1.54) is 0 Å². The maximum atomic E-state index is 6.14. The number of nitrogens with two attached hydrogens (primary N) is 1. The Morgan fingerprint density at radius 3 is 2.12 bits per heavy atom. The summed E-state index contributed by atoms with van der Waals surface area (Å²) in [6, 6.07) is 11.5. The van der Waals surface area contributed by atoms with Gasteiger partial charge < -0.3 is 10.5 Å². The average molecular weight is 214 g/mol. The number of hydrogen-bond donors (Lipinski definition) is 1. The normalized spacial score (nSPS) is 12.1. The van der Waals surface area contributed by atoms with Crippen LogP contribution in [-0.4, -0.2) is 12.1 Å². The van der Waals surface area contributed by atoms with Gasteiger partial charge in [-0.15, -0.1) is 0 Å². The van der Waals surface area contributed by atoms with E-state index in [1.807, 2.05) is 36.4 Å². The topological polar surface area (TPSA) is 48.1 Å². The van der Waals surface area contributed by atoms with Crippen LogP contribution in [0.2, 0.25) is 0 Å². The summed E-state index contributed by atoms with van der Waals surface area (Å²) in [7, 11) is 1.65. The molecule has 0 radical (unpaired) electrons. The number of benzene rings is 1. The van der Waals surface area contributed by atoms with Crippen molar-refractivity contribution in [3.63, 3.8) is 0 Å². The molecule has 16 heavy (non-hydrogen) atoms. The van der Waals surface area contributed by atoms with Gasteiger partial charge in [0.15, 0.2) is 0 Å². The number of methoxy groups -OCH3 is 1. The third kappa shape index (κ3) is 2.20. The summed E-state index contributed by atoms with van der Waals surface area (Å²) >= 11 is 0. The van der Waals surface area contributed by atoms with E-state index in [1.54, 1.807) is 19.5 Å². The fourth-order valence-electron chi connectivity index (χ4n) is 1.57. The highest BCUT2D eigenvalue weighted by Gasteiger charge is 2.07. The minimum atomic E-state index is -0.117. The van der Waals surface area contributed by atoms with Gasteiger partial charge in [0.25, 0.3) is 0 Å². The Bertz CT molecular complexity index is 439. The number of rotatable bonds is 3. The maximum Gasteiger partial charge on any atom is 0.118 e. The molecule has 0 fully saturated rings. The van der Waals surface area contributed by atoms with Crippen molar-refractivity contribution in [2.45, 2.75) is 6.04 Å². The Morgan fingerprint density at radius 1 is 1.00 bits per heavy atom. The van der Waals surface area contributed by atoms with E-state index < -0.39 is 0 Å². The van der Waals surface area contributed by atoms with Gasteiger partial charge in [0, 0.05) is 12.4 Å². The summed E-state index contributed by atoms with van der Waals surface area (Å²) in [6.07, 6.45) is 3.50. The van der Waals surface area contributed by atoms with Gasteiger partial charge in [-0.25, -0.2) is 0 Å². The maximum absolute atomic E-state index is 6.14. The van der Waals surface area contributed by atoms with Crippen molar-refractivity contribution >= 4 is 0 Å². The molecule has 0 unspecified atom stereocenters. The molecule has 3 nitrogen and oxygen atoms in total. The van der Waals surface area contributed by atoms with E-state index in [4.69, 9.17) is 10.5 Å². The van der Waals surface area contributed by atoms with Crippen molar-refractivity contribution in [2.24, 2.45) is 5.73 Å². The van der Waals surface area contributed by atoms with Gasteiger partial charge in [0.05, 0.1) is 13.2 Å². The summed E-state index contributed by atoms with van der Waals surface area (Å²) in [4.78, 5) is 3.97. The van der Waals surface area contributed by atoms with Crippen LogP contribution in [0.25, 0.3) is 0 Å². The molecule has 0 spiro atoms. The predicted octanol–water partition coefficient (Wildman–Crippen LogP) is 2.14. The summed E-state index contributed by atoms with van der Waals surface area (Å²) in [5.74, 6) is 0.839. The molecule has 0 aliphatic rings. The standard InChI is InChI=1S/C13H14N2O/c1-16-12-4-2-10(3-5-12)13(14)11-6-8-15-9-7-11/h2-9,13H,14H2,1H3/t13-/m1/s1. The highest BCUT2D eigenvalue weighted by atomic mass is 16.5. The molecule has 1 heterocycles. The van der Waals surface area contributed by atoms with Crippen molar-refractivity contribution in [3.05, 3.63) is 59.9 Å². The second-order valence-corrected chi connectivity index (χ2v) is 3.53. The minimum Gasteiger partial charge on any atom is -0.497 e. The largest absolute Gasteiger partial charge is 0.497 e. The van der Waals surface area contributed by atoms with E-state index >= 15 is 0 Å². The Kier molecular flexibility index (Phi) is 3.17. The summed E-state index contributed by atoms with van der Waals surface area (Å²) in [5.41, 5.74) is 8.26. The molecular formula is C13H14N2O. The lowest BCUT2D eigenvalue weighted by Gasteiger charge is -2.12. The second kappa shape index (κ2) is 4.77. The van der Waals surface area contributed by atoms with Crippen LogP contribution >= 0.6 is 0 Å². The van der Waals surface area contributed by atoms with Gasteiger partial charge in [0.1, 0.15) is 5.75 Å². The zero-order chi connectivity index (χ0) is 11.4. The number of hydrogen-bond acceptors (Lipinski definition) is 3. The van der Waals surface area contributed by atoms with Gasteiger partial charge in [-0.05, 0) is 35.4 Å². The first-order valence-electron chi connectivity index (χ1n) is 5.10. The smallest absolute Gasteiger partial charge is 0.118 e. The molecule has 0 bridgehead atoms. The number of nitrogens with zero attached hydrogens (tertiary/aromatic N) is 1. The van der Waals surface area contributed by atoms with E-state index in [-0.39, 0.29) is 6.04 Å². The Hall–Kier alpha value is -1.87. The summed E-state index contributed by atoms with van der Waals surface area (Å²) < 4.78 is 5.10. The van der Waals surface area contributed by atoms with Crippen LogP contribution in [0.5, 0.6) is 5.75 Å². The monoisotopic (exact) mass is 214 g/mol. The van der Waals surface area contributed by atoms with Crippen LogP contribution in [0.1, 0.15) is 17.2 Å². The first kappa shape index (κ1) is 10.6. The Morgan fingerprint density at radius 2 is 1.56 bits per heavy atom. The minimum absolute atomic E-state index is 0.117. The van der Waals surface area contributed by atoms with Crippen molar-refractivity contribution in [3.8, 4) is 5.75 Å². The molecular weight excluding hydrogens is 200 g/mol. The van der Waals surface area contributed by atoms with Crippen LogP contribution in [0.4, 0.5) is 0 Å². The SMILES string of the molecule is COc1ccc([C@@H](N)c2ccncc2)cc1. The van der Waals surface area contributed by atoms with Crippen molar-refractivity contribution in [2.75, 3.05) is 7.11 Å². The Labute approximate surface area is 94.9 Å². The van der Waals surface area contributed by atoms with Gasteiger partial charge in [0.2, 0.25) is 0 Å². The van der Waals surface area contributed by atoms with Gasteiger partial charge >= 0.3 is 0 Å². The van der Waals surface area contributed by atoms with Crippen LogP contribution in [0.15, 0.2) is 48.8 Å². The second-order valence-electron chi connectivity index (χ2n) is 3.53. The summed E-state index contributed by atoms with van der Waals surface area (Å²) in [6.45, 7) is 0. The quantitative estimate of drug-likeness (QED) is 0.851. The molecule has 1 aromatic heterocycles. The molecule has 2 aromatic rings. The highest BCUT2D eigenvalue weighted by molar-refractivity contribution is 5.34. The first-order valence-corrected chi connectivity index (χ1v) is 5.10. The lowest BCUT2D eigenvalue weighted by Crippen LogP contribution is -2.11. The number of aromatic nitrogens is 1. The van der Waals surface area contributed by atoms with Crippen LogP contribution in [0, 0.1) is 0 Å². The van der Waals surface area contributed by atoms with Crippen molar-refractivity contribution < 1.29 is 4.74 Å². The molecule has 82 valence electrons. The van der Waals surface area contributed by atoms with Gasteiger partial charge in [-0.1, -0.05) is 12.1 Å². The summed E-state index contributed by atoms with van der Waals surface area (Å²) in [5, 5.41) is 0. The molecule has 0 saturated carbocycles. The number of pyridine rings is 1. The predicted molar refractivity (Wildman–Crippen MR) is 63.3 cm³/mol. The third-order valence-electron chi connectivity index (χ3n) is 2.54. The third-order valence-corrected chi connectivity index (χ3v) is 2.54. The van der Waals surface area contributed by atoms with Crippen molar-refractivity contribution in [1.29, 1.82) is 0 Å². The molecule has 3 heteroatoms. The average Bonchev–Trinajstić information content (AvgIpc) is 2.39. The van der Waals surface area contributed by atoms with Crippen LogP contribution < -0.4 is 10.5 Å². The van der Waals surface area contributed by atoms with Crippen LogP contribution in [-0.2, 0) is 0 Å². The fourth-order valence-corrected chi connectivity index (χ4v) is 1.57.